The van der Waals surface area contributed by atoms with Gasteiger partial charge in [0.05, 0.1) is 21.3 Å². The zero-order valence-electron chi connectivity index (χ0n) is 20.7. The number of nitrogens with zero attached hydrogens (tertiary/aromatic N) is 3. The lowest BCUT2D eigenvalue weighted by Crippen LogP contribution is -2.51. The lowest BCUT2D eigenvalue weighted by molar-refractivity contribution is -0.150. The lowest BCUT2D eigenvalue weighted by atomic mass is 9.78. The van der Waals surface area contributed by atoms with E-state index in [0.717, 1.165) is 11.1 Å². The molecule has 0 spiro atoms. The summed E-state index contributed by atoms with van der Waals surface area (Å²) in [5.41, 5.74) is 0.863. The van der Waals surface area contributed by atoms with Crippen molar-refractivity contribution in [3.63, 3.8) is 0 Å². The zero-order valence-corrected chi connectivity index (χ0v) is 20.7. The topological polar surface area (TPSA) is 115 Å². The molecular weight excluding hydrogens is 466 g/mol. The molecule has 2 aromatic carbocycles. The van der Waals surface area contributed by atoms with E-state index in [0.29, 0.717) is 28.0 Å². The average molecular weight is 496 g/mol. The largest absolute Gasteiger partial charge is 0.497 e. The number of amides is 2. The van der Waals surface area contributed by atoms with Crippen molar-refractivity contribution < 1.29 is 33.4 Å². The molecule has 0 saturated carbocycles. The highest BCUT2D eigenvalue weighted by molar-refractivity contribution is 5.84. The maximum Gasteiger partial charge on any atom is 0.343 e. The molecule has 1 N–H and O–H groups in total. The van der Waals surface area contributed by atoms with Crippen LogP contribution in [0.2, 0.25) is 0 Å². The first-order valence-corrected chi connectivity index (χ1v) is 11.4. The van der Waals surface area contributed by atoms with Gasteiger partial charge < -0.3 is 23.5 Å². The summed E-state index contributed by atoms with van der Waals surface area (Å²) >= 11 is 0. The number of oxazole rings is 1. The molecule has 10 nitrogen and oxygen atoms in total. The molecule has 0 aliphatic carbocycles. The van der Waals surface area contributed by atoms with Crippen molar-refractivity contribution in [2.75, 3.05) is 41.5 Å². The molecule has 1 saturated heterocycles. The van der Waals surface area contributed by atoms with E-state index in [-0.39, 0.29) is 31.8 Å². The molecule has 10 heteroatoms. The summed E-state index contributed by atoms with van der Waals surface area (Å²) in [4.78, 5) is 31.7. The highest BCUT2D eigenvalue weighted by Crippen LogP contribution is 2.42. The van der Waals surface area contributed by atoms with Gasteiger partial charge in [-0.2, -0.15) is 0 Å². The van der Waals surface area contributed by atoms with Crippen LogP contribution in [-0.2, 0) is 14.9 Å². The van der Waals surface area contributed by atoms with Crippen LogP contribution < -0.4 is 9.47 Å². The van der Waals surface area contributed by atoms with Gasteiger partial charge in [-0.05, 0) is 49.2 Å². The van der Waals surface area contributed by atoms with Crippen LogP contribution in [0.5, 0.6) is 11.5 Å². The van der Waals surface area contributed by atoms with Crippen molar-refractivity contribution in [3.05, 3.63) is 54.4 Å². The van der Waals surface area contributed by atoms with Gasteiger partial charge in [0, 0.05) is 31.3 Å². The van der Waals surface area contributed by atoms with Crippen molar-refractivity contribution in [3.8, 4) is 34.1 Å². The quantitative estimate of drug-likeness (QED) is 0.310. The fraction of sp³-hybridized carbons (Fsp3) is 0.346. The maximum absolute atomic E-state index is 13.2. The monoisotopic (exact) mass is 495 g/mol. The van der Waals surface area contributed by atoms with E-state index in [1.807, 2.05) is 48.5 Å². The zero-order chi connectivity index (χ0) is 25.9. The number of methoxy groups -OCH3 is 3. The lowest BCUT2D eigenvalue weighted by Gasteiger charge is -2.38. The number of rotatable bonds is 6. The number of ether oxygens (including phenoxy) is 3. The van der Waals surface area contributed by atoms with Gasteiger partial charge in [0.2, 0.25) is 5.89 Å². The molecule has 2 amide bonds. The van der Waals surface area contributed by atoms with E-state index in [1.54, 1.807) is 14.2 Å². The van der Waals surface area contributed by atoms with Crippen LogP contribution in [0, 0.1) is 0 Å². The molecule has 0 radical (unpaired) electrons. The fourth-order valence-electron chi connectivity index (χ4n) is 4.41. The average Bonchev–Trinajstić information content (AvgIpc) is 3.38. The van der Waals surface area contributed by atoms with Crippen molar-refractivity contribution in [1.29, 1.82) is 0 Å². The van der Waals surface area contributed by atoms with Crippen molar-refractivity contribution in [2.24, 2.45) is 0 Å². The molecule has 2 heterocycles. The van der Waals surface area contributed by atoms with Gasteiger partial charge in [-0.1, -0.05) is 12.1 Å². The SMILES string of the molecule is COC(=O)C1(c2nc(-c3ccc(OC)cc3)c(-c3cccc(OC)c3)o2)CCN(C(=O)N(C)O)CC1. The molecule has 190 valence electrons. The predicted octanol–water partition coefficient (Wildman–Crippen LogP) is 3.97. The number of hydroxylamine groups is 2. The number of hydrogen-bond acceptors (Lipinski definition) is 8. The Morgan fingerprint density at radius 2 is 1.67 bits per heavy atom. The first-order chi connectivity index (χ1) is 17.3. The van der Waals surface area contributed by atoms with Crippen molar-refractivity contribution >= 4 is 12.0 Å². The Morgan fingerprint density at radius 1 is 1.00 bits per heavy atom. The number of piperidine rings is 1. The summed E-state index contributed by atoms with van der Waals surface area (Å²) < 4.78 is 22.2. The normalized spacial score (nSPS) is 14.8. The molecule has 0 unspecified atom stereocenters. The first-order valence-electron chi connectivity index (χ1n) is 11.4. The van der Waals surface area contributed by atoms with Crippen LogP contribution in [-0.4, -0.2) is 73.6 Å². The number of benzene rings is 2. The van der Waals surface area contributed by atoms with E-state index in [9.17, 15) is 14.8 Å². The summed E-state index contributed by atoms with van der Waals surface area (Å²) in [5, 5.41) is 10.1. The van der Waals surface area contributed by atoms with E-state index in [1.165, 1.54) is 19.1 Å². The second-order valence-electron chi connectivity index (χ2n) is 8.52. The number of urea groups is 1. The third kappa shape index (κ3) is 4.59. The molecule has 1 fully saturated rings. The predicted molar refractivity (Wildman–Crippen MR) is 130 cm³/mol. The van der Waals surface area contributed by atoms with Gasteiger partial charge in [-0.3, -0.25) is 10.0 Å². The Labute approximate surface area is 208 Å². The number of likely N-dealkylation sites (tertiary alicyclic amines) is 1. The van der Waals surface area contributed by atoms with E-state index < -0.39 is 17.4 Å². The summed E-state index contributed by atoms with van der Waals surface area (Å²) in [6.45, 7) is 0.432. The highest BCUT2D eigenvalue weighted by Gasteiger charge is 2.49. The van der Waals surface area contributed by atoms with Gasteiger partial charge in [-0.15, -0.1) is 0 Å². The standard InChI is InChI=1S/C26H29N3O7/c1-28(32)25(31)29-14-12-26(13-15-29,24(30)35-4)23-27-21(17-8-10-19(33-2)11-9-17)22(36-23)18-6-5-7-20(16-18)34-3/h5-11,16,32H,12-15H2,1-4H3. The van der Waals surface area contributed by atoms with Gasteiger partial charge >= 0.3 is 12.0 Å². The molecule has 0 bridgehead atoms. The van der Waals surface area contributed by atoms with Crippen LogP contribution in [0.25, 0.3) is 22.6 Å². The van der Waals surface area contributed by atoms with Gasteiger partial charge in [-0.25, -0.2) is 14.8 Å². The molecule has 1 aliphatic heterocycles. The van der Waals surface area contributed by atoms with Crippen LogP contribution in [0.3, 0.4) is 0 Å². The van der Waals surface area contributed by atoms with Gasteiger partial charge in [0.25, 0.3) is 0 Å². The number of hydrogen-bond donors (Lipinski definition) is 1. The molecule has 36 heavy (non-hydrogen) atoms. The van der Waals surface area contributed by atoms with E-state index in [2.05, 4.69) is 0 Å². The minimum atomic E-state index is -1.20. The molecular formula is C26H29N3O7. The number of carbonyl (C=O) groups excluding carboxylic acids is 2. The smallest absolute Gasteiger partial charge is 0.343 e. The summed E-state index contributed by atoms with van der Waals surface area (Å²) in [7, 11) is 5.76. The molecule has 1 aromatic heterocycles. The number of aromatic nitrogens is 1. The van der Waals surface area contributed by atoms with Crippen LogP contribution in [0.15, 0.2) is 52.9 Å². The van der Waals surface area contributed by atoms with Gasteiger partial charge in [0.15, 0.2) is 5.76 Å². The minimum Gasteiger partial charge on any atom is -0.497 e. The van der Waals surface area contributed by atoms with E-state index in [4.69, 9.17) is 23.6 Å². The maximum atomic E-state index is 13.2. The van der Waals surface area contributed by atoms with Crippen molar-refractivity contribution in [2.45, 2.75) is 18.3 Å². The van der Waals surface area contributed by atoms with Crippen LogP contribution in [0.1, 0.15) is 18.7 Å². The second kappa shape index (κ2) is 10.3. The Kier molecular flexibility index (Phi) is 7.16. The van der Waals surface area contributed by atoms with Crippen LogP contribution in [0.4, 0.5) is 4.79 Å². The Balaban J connectivity index is 1.82. The molecule has 1 aliphatic rings. The number of carbonyl (C=O) groups is 2. The van der Waals surface area contributed by atoms with E-state index >= 15 is 0 Å². The highest BCUT2D eigenvalue weighted by atomic mass is 16.5. The molecule has 4 rings (SSSR count). The van der Waals surface area contributed by atoms with Crippen LogP contribution >= 0.6 is 0 Å². The third-order valence-corrected chi connectivity index (χ3v) is 6.47. The molecule has 0 atom stereocenters. The summed E-state index contributed by atoms with van der Waals surface area (Å²) in [6, 6.07) is 14.2. The summed E-state index contributed by atoms with van der Waals surface area (Å²) in [6.07, 6.45) is 0.443. The number of esters is 1. The fourth-order valence-corrected chi connectivity index (χ4v) is 4.41. The second-order valence-corrected chi connectivity index (χ2v) is 8.52. The molecule has 3 aromatic rings. The minimum absolute atomic E-state index is 0.211. The Hall–Kier alpha value is -4.05. The third-order valence-electron chi connectivity index (χ3n) is 6.47. The van der Waals surface area contributed by atoms with Gasteiger partial charge in [0.1, 0.15) is 22.6 Å². The first kappa shape index (κ1) is 25.1. The summed E-state index contributed by atoms with van der Waals surface area (Å²) in [5.74, 6) is 1.54. The van der Waals surface area contributed by atoms with Crippen molar-refractivity contribution in [1.82, 2.24) is 14.9 Å². The Bertz CT molecular complexity index is 1230. The Morgan fingerprint density at radius 3 is 2.25 bits per heavy atom.